The summed E-state index contributed by atoms with van der Waals surface area (Å²) in [5.41, 5.74) is -0.522. The summed E-state index contributed by atoms with van der Waals surface area (Å²) in [6.07, 6.45) is 2.80. The molecule has 3 heterocycles. The van der Waals surface area contributed by atoms with E-state index in [1.165, 1.54) is 6.33 Å². The number of benzene rings is 1. The Morgan fingerprint density at radius 3 is 2.91 bits per heavy atom. The molecule has 168 valence electrons. The average molecular weight is 462 g/mol. The number of carbonyl (C=O) groups excluding carboxylic acids is 2. The highest BCUT2D eigenvalue weighted by atomic mass is 32.1. The van der Waals surface area contributed by atoms with Crippen LogP contribution in [0.3, 0.4) is 0 Å². The Hall–Kier alpha value is -3.41. The molecule has 2 amide bonds. The number of hydrogen-bond donors (Lipinski definition) is 2. The number of halogens is 2. The SMILES string of the molecule is CNC(=O)[C@H]1CCCN(c2nc3ncn(CC(=O)Nc4cc(F)ccc4F)c(=O)c3s2)C1. The first-order valence-corrected chi connectivity index (χ1v) is 10.7. The molecule has 1 fully saturated rings. The molecule has 1 aliphatic rings. The number of thiazole rings is 1. The number of fused-ring (bicyclic) bond motifs is 1. The lowest BCUT2D eigenvalue weighted by molar-refractivity contribution is -0.124. The molecular weight excluding hydrogens is 442 g/mol. The summed E-state index contributed by atoms with van der Waals surface area (Å²) < 4.78 is 28.4. The van der Waals surface area contributed by atoms with Crippen LogP contribution >= 0.6 is 11.3 Å². The fourth-order valence-electron chi connectivity index (χ4n) is 3.59. The molecule has 0 aliphatic carbocycles. The second kappa shape index (κ2) is 8.99. The number of rotatable bonds is 5. The van der Waals surface area contributed by atoms with Crippen molar-refractivity contribution in [3.8, 4) is 0 Å². The topological polar surface area (TPSA) is 109 Å². The summed E-state index contributed by atoms with van der Waals surface area (Å²) in [7, 11) is 1.60. The Morgan fingerprint density at radius 1 is 1.31 bits per heavy atom. The third kappa shape index (κ3) is 4.44. The monoisotopic (exact) mass is 462 g/mol. The minimum Gasteiger partial charge on any atom is -0.359 e. The van der Waals surface area contributed by atoms with Gasteiger partial charge in [0.2, 0.25) is 11.8 Å². The highest BCUT2D eigenvalue weighted by Crippen LogP contribution is 2.29. The van der Waals surface area contributed by atoms with Gasteiger partial charge in [-0.25, -0.2) is 13.8 Å². The number of carbonyl (C=O) groups is 2. The molecule has 32 heavy (non-hydrogen) atoms. The third-order valence-corrected chi connectivity index (χ3v) is 6.29. The molecule has 1 saturated heterocycles. The molecule has 1 atom stereocenters. The highest BCUT2D eigenvalue weighted by Gasteiger charge is 2.27. The minimum atomic E-state index is -0.788. The van der Waals surface area contributed by atoms with E-state index in [0.29, 0.717) is 18.2 Å². The molecule has 3 aromatic rings. The zero-order valence-electron chi connectivity index (χ0n) is 17.1. The van der Waals surface area contributed by atoms with E-state index in [1.54, 1.807) is 7.05 Å². The van der Waals surface area contributed by atoms with Gasteiger partial charge in [0, 0.05) is 26.2 Å². The van der Waals surface area contributed by atoms with Gasteiger partial charge < -0.3 is 15.5 Å². The average Bonchev–Trinajstić information content (AvgIpc) is 3.23. The molecule has 0 unspecified atom stereocenters. The predicted molar refractivity (Wildman–Crippen MR) is 116 cm³/mol. The van der Waals surface area contributed by atoms with Crippen LogP contribution in [0, 0.1) is 17.6 Å². The molecule has 2 N–H and O–H groups in total. The first kappa shape index (κ1) is 21.8. The Labute approximate surface area is 185 Å². The van der Waals surface area contributed by atoms with Crippen molar-refractivity contribution in [3.63, 3.8) is 0 Å². The first-order valence-electron chi connectivity index (χ1n) is 9.93. The molecule has 1 aromatic carbocycles. The van der Waals surface area contributed by atoms with E-state index in [2.05, 4.69) is 20.6 Å². The summed E-state index contributed by atoms with van der Waals surface area (Å²) in [6.45, 7) is 0.784. The molecule has 1 aliphatic heterocycles. The third-order valence-electron chi connectivity index (χ3n) is 5.20. The Kier molecular flexibility index (Phi) is 6.12. The molecule has 0 saturated carbocycles. The van der Waals surface area contributed by atoms with Crippen molar-refractivity contribution in [2.45, 2.75) is 19.4 Å². The highest BCUT2D eigenvalue weighted by molar-refractivity contribution is 7.22. The molecule has 12 heteroatoms. The van der Waals surface area contributed by atoms with Gasteiger partial charge in [0.1, 0.15) is 29.2 Å². The van der Waals surface area contributed by atoms with Crippen LogP contribution in [0.4, 0.5) is 19.6 Å². The van der Waals surface area contributed by atoms with Crippen molar-refractivity contribution < 1.29 is 18.4 Å². The Balaban J connectivity index is 1.53. The number of nitrogens with zero attached hydrogens (tertiary/aromatic N) is 4. The number of hydrogen-bond acceptors (Lipinski definition) is 7. The van der Waals surface area contributed by atoms with E-state index in [4.69, 9.17) is 0 Å². The van der Waals surface area contributed by atoms with Crippen LogP contribution in [0.5, 0.6) is 0 Å². The standard InChI is InChI=1S/C20H20F2N6O3S/c1-23-18(30)11-3-2-6-27(8-11)20-26-17-16(32-20)19(31)28(10-24-17)9-15(29)25-14-7-12(21)4-5-13(14)22/h4-5,7,10-11H,2-3,6,8-9H2,1H3,(H,23,30)(H,25,29)/t11-/m0/s1. The number of piperidine rings is 1. The minimum absolute atomic E-state index is 0.0305. The summed E-state index contributed by atoms with van der Waals surface area (Å²) >= 11 is 1.15. The number of aromatic nitrogens is 3. The normalized spacial score (nSPS) is 16.2. The van der Waals surface area contributed by atoms with Gasteiger partial charge in [-0.2, -0.15) is 4.98 Å². The van der Waals surface area contributed by atoms with E-state index in [-0.39, 0.29) is 27.9 Å². The van der Waals surface area contributed by atoms with Crippen molar-refractivity contribution >= 4 is 44.3 Å². The number of anilines is 2. The second-order valence-corrected chi connectivity index (χ2v) is 8.38. The fraction of sp³-hybridized carbons (Fsp3) is 0.350. The van der Waals surface area contributed by atoms with Gasteiger partial charge in [0.15, 0.2) is 10.8 Å². The molecule has 9 nitrogen and oxygen atoms in total. The lowest BCUT2D eigenvalue weighted by Crippen LogP contribution is -2.42. The Morgan fingerprint density at radius 2 is 2.12 bits per heavy atom. The van der Waals surface area contributed by atoms with Crippen LogP contribution in [0.1, 0.15) is 12.8 Å². The van der Waals surface area contributed by atoms with Gasteiger partial charge in [-0.1, -0.05) is 11.3 Å². The van der Waals surface area contributed by atoms with Gasteiger partial charge in [0.05, 0.1) is 11.6 Å². The van der Waals surface area contributed by atoms with E-state index in [1.807, 2.05) is 4.90 Å². The van der Waals surface area contributed by atoms with Crippen LogP contribution in [-0.4, -0.2) is 46.5 Å². The lowest BCUT2D eigenvalue weighted by atomic mass is 9.98. The van der Waals surface area contributed by atoms with Crippen LogP contribution in [-0.2, 0) is 16.1 Å². The summed E-state index contributed by atoms with van der Waals surface area (Å²) in [6, 6.07) is 2.70. The smallest absolute Gasteiger partial charge is 0.273 e. The van der Waals surface area contributed by atoms with Crippen LogP contribution in [0.2, 0.25) is 0 Å². The van der Waals surface area contributed by atoms with Gasteiger partial charge in [-0.15, -0.1) is 0 Å². The maximum Gasteiger partial charge on any atom is 0.273 e. The maximum atomic E-state index is 13.7. The second-order valence-electron chi connectivity index (χ2n) is 7.40. The number of nitrogens with one attached hydrogen (secondary N) is 2. The van der Waals surface area contributed by atoms with Crippen molar-refractivity contribution in [3.05, 3.63) is 46.5 Å². The molecule has 0 radical (unpaired) electrons. The van der Waals surface area contributed by atoms with Crippen LogP contribution in [0.15, 0.2) is 29.3 Å². The van der Waals surface area contributed by atoms with E-state index in [9.17, 15) is 23.2 Å². The summed E-state index contributed by atoms with van der Waals surface area (Å²) in [5, 5.41) is 5.50. The van der Waals surface area contributed by atoms with Crippen molar-refractivity contribution in [2.24, 2.45) is 5.92 Å². The van der Waals surface area contributed by atoms with Crippen molar-refractivity contribution in [1.82, 2.24) is 19.9 Å². The van der Waals surface area contributed by atoms with E-state index in [0.717, 1.165) is 46.9 Å². The van der Waals surface area contributed by atoms with Crippen molar-refractivity contribution in [2.75, 3.05) is 30.4 Å². The van der Waals surface area contributed by atoms with Gasteiger partial charge >= 0.3 is 0 Å². The van der Waals surface area contributed by atoms with Gasteiger partial charge in [-0.05, 0) is 25.0 Å². The largest absolute Gasteiger partial charge is 0.359 e. The predicted octanol–water partition coefficient (Wildman–Crippen LogP) is 1.73. The van der Waals surface area contributed by atoms with Gasteiger partial charge in [-0.3, -0.25) is 19.0 Å². The summed E-state index contributed by atoms with van der Waals surface area (Å²) in [4.78, 5) is 47.6. The lowest BCUT2D eigenvalue weighted by Gasteiger charge is -2.31. The zero-order chi connectivity index (χ0) is 22.8. The molecule has 2 aromatic heterocycles. The molecule has 0 bridgehead atoms. The van der Waals surface area contributed by atoms with Crippen molar-refractivity contribution in [1.29, 1.82) is 0 Å². The zero-order valence-corrected chi connectivity index (χ0v) is 17.9. The van der Waals surface area contributed by atoms with E-state index >= 15 is 0 Å². The maximum absolute atomic E-state index is 13.7. The summed E-state index contributed by atoms with van der Waals surface area (Å²) in [5.74, 6) is -2.37. The molecule has 0 spiro atoms. The quantitative estimate of drug-likeness (QED) is 0.598. The fourth-order valence-corrected chi connectivity index (χ4v) is 4.59. The van der Waals surface area contributed by atoms with Gasteiger partial charge in [0.25, 0.3) is 5.56 Å². The van der Waals surface area contributed by atoms with Crippen LogP contribution < -0.4 is 21.1 Å². The molecule has 4 rings (SSSR count). The number of amides is 2. The Bertz CT molecular complexity index is 1240. The molecular formula is C20H20F2N6O3S. The van der Waals surface area contributed by atoms with E-state index < -0.39 is 29.6 Å². The first-order chi connectivity index (χ1) is 15.4. The van der Waals surface area contributed by atoms with Crippen LogP contribution in [0.25, 0.3) is 10.3 Å².